The lowest BCUT2D eigenvalue weighted by Gasteiger charge is -2.38. The smallest absolute Gasteiger partial charge is 0.321 e. The molecule has 6 nitrogen and oxygen atoms in total. The van der Waals surface area contributed by atoms with Crippen LogP contribution >= 0.6 is 49.6 Å². The van der Waals surface area contributed by atoms with E-state index < -0.39 is 0 Å². The van der Waals surface area contributed by atoms with Gasteiger partial charge in [0.05, 0.1) is 11.2 Å². The molecule has 5 aromatic rings. The van der Waals surface area contributed by atoms with Crippen molar-refractivity contribution in [3.63, 3.8) is 0 Å². The quantitative estimate of drug-likeness (QED) is 0.290. The Labute approximate surface area is 227 Å². The minimum Gasteiger partial charge on any atom is -0.321 e. The summed E-state index contributed by atoms with van der Waals surface area (Å²) < 4.78 is 1.51. The van der Waals surface area contributed by atoms with Gasteiger partial charge in [0.2, 0.25) is 0 Å². The lowest BCUT2D eigenvalue weighted by molar-refractivity contribution is 0.253. The normalized spacial score (nSPS) is 13.5. The van der Waals surface area contributed by atoms with Crippen molar-refractivity contribution in [1.82, 2.24) is 19.6 Å². The predicted molar refractivity (Wildman–Crippen MR) is 151 cm³/mol. The van der Waals surface area contributed by atoms with Gasteiger partial charge in [-0.15, -0.1) is 49.6 Å². The molecule has 1 aliphatic carbocycles. The van der Waals surface area contributed by atoms with Gasteiger partial charge < -0.3 is 5.73 Å². The van der Waals surface area contributed by atoms with E-state index in [4.69, 9.17) is 10.7 Å². The van der Waals surface area contributed by atoms with Crippen molar-refractivity contribution in [2.75, 3.05) is 0 Å². The first-order valence-electron chi connectivity index (χ1n) is 10.5. The molecular formula is C25H25Cl4N5O. The Morgan fingerprint density at radius 2 is 1.57 bits per heavy atom. The maximum Gasteiger partial charge on any atom is 0.347 e. The zero-order valence-corrected chi connectivity index (χ0v) is 21.8. The maximum atomic E-state index is 12.0. The molecule has 0 aliphatic heterocycles. The number of fused-ring (bicyclic) bond motifs is 3. The number of halogens is 4. The van der Waals surface area contributed by atoms with Crippen molar-refractivity contribution in [2.45, 2.75) is 24.8 Å². The van der Waals surface area contributed by atoms with Crippen LogP contribution in [0.5, 0.6) is 0 Å². The minimum absolute atomic E-state index is 0. The molecule has 0 radical (unpaired) electrons. The number of pyridine rings is 2. The zero-order chi connectivity index (χ0) is 21.0. The average molecular weight is 553 g/mol. The third kappa shape index (κ3) is 4.77. The molecule has 1 fully saturated rings. The number of aromatic nitrogens is 4. The molecule has 3 N–H and O–H groups in total. The number of hydrogen-bond donors (Lipinski definition) is 2. The van der Waals surface area contributed by atoms with E-state index in [1.165, 1.54) is 16.4 Å². The van der Waals surface area contributed by atoms with Gasteiger partial charge in [0.15, 0.2) is 5.65 Å². The summed E-state index contributed by atoms with van der Waals surface area (Å²) in [5.74, 6) is 0. The van der Waals surface area contributed by atoms with Crippen LogP contribution in [-0.2, 0) is 5.54 Å². The lowest BCUT2D eigenvalue weighted by atomic mass is 9.72. The monoisotopic (exact) mass is 551 g/mol. The van der Waals surface area contributed by atoms with Gasteiger partial charge in [0, 0.05) is 28.2 Å². The summed E-state index contributed by atoms with van der Waals surface area (Å²) in [4.78, 5) is 17.0. The molecule has 0 bridgehead atoms. The topological polar surface area (TPSA) is 89.1 Å². The molecule has 0 amide bonds. The van der Waals surface area contributed by atoms with Crippen LogP contribution in [0.25, 0.3) is 38.9 Å². The second-order valence-electron chi connectivity index (χ2n) is 8.31. The summed E-state index contributed by atoms with van der Waals surface area (Å²) in [7, 11) is 0. The summed E-state index contributed by atoms with van der Waals surface area (Å²) in [5, 5.41) is 7.56. The second kappa shape index (κ2) is 11.0. The Bertz CT molecular complexity index is 1500. The SMILES string of the molecule is Cl.Cl.Cl.Cl.NC1(c2ccc(-c3nc4ccn5c(=O)[nH]nc5c4cc3-c3ccccc3)cc2)CCC1. The van der Waals surface area contributed by atoms with Crippen LogP contribution in [0, 0.1) is 0 Å². The highest BCUT2D eigenvalue weighted by Gasteiger charge is 2.34. The highest BCUT2D eigenvalue weighted by Crippen LogP contribution is 2.40. The molecule has 3 heterocycles. The molecule has 0 unspecified atom stereocenters. The summed E-state index contributed by atoms with van der Waals surface area (Å²) in [6, 6.07) is 22.6. The zero-order valence-electron chi connectivity index (χ0n) is 18.5. The van der Waals surface area contributed by atoms with Crippen molar-refractivity contribution in [3.8, 4) is 22.4 Å². The summed E-state index contributed by atoms with van der Waals surface area (Å²) in [6.45, 7) is 0. The van der Waals surface area contributed by atoms with E-state index >= 15 is 0 Å². The van der Waals surface area contributed by atoms with Crippen LogP contribution in [0.1, 0.15) is 24.8 Å². The van der Waals surface area contributed by atoms with Crippen LogP contribution in [0.3, 0.4) is 0 Å². The molecule has 10 heteroatoms. The molecule has 0 saturated heterocycles. The Hall–Kier alpha value is -2.61. The maximum absolute atomic E-state index is 12.0. The van der Waals surface area contributed by atoms with Crippen LogP contribution in [-0.4, -0.2) is 19.6 Å². The summed E-state index contributed by atoms with van der Waals surface area (Å²) in [5.41, 5.74) is 12.6. The van der Waals surface area contributed by atoms with Crippen molar-refractivity contribution in [1.29, 1.82) is 0 Å². The van der Waals surface area contributed by atoms with Crippen LogP contribution in [0.4, 0.5) is 0 Å². The molecule has 1 aliphatic rings. The fraction of sp³-hybridized carbons (Fsp3) is 0.160. The van der Waals surface area contributed by atoms with Crippen molar-refractivity contribution in [3.05, 3.63) is 89.0 Å². The van der Waals surface area contributed by atoms with Crippen LogP contribution in [0.2, 0.25) is 0 Å². The molecule has 184 valence electrons. The van der Waals surface area contributed by atoms with Crippen LogP contribution < -0.4 is 11.4 Å². The molecule has 2 aromatic carbocycles. The number of hydrogen-bond acceptors (Lipinski definition) is 4. The van der Waals surface area contributed by atoms with Gasteiger partial charge in [-0.1, -0.05) is 54.6 Å². The minimum atomic E-state index is -0.260. The highest BCUT2D eigenvalue weighted by atomic mass is 35.5. The van der Waals surface area contributed by atoms with E-state index in [1.807, 2.05) is 24.3 Å². The number of nitrogens with one attached hydrogen (secondary N) is 1. The number of rotatable bonds is 3. The van der Waals surface area contributed by atoms with Crippen molar-refractivity contribution >= 4 is 66.2 Å². The van der Waals surface area contributed by atoms with Gasteiger partial charge in [-0.2, -0.15) is 5.10 Å². The Balaban J connectivity index is 0.00000108. The van der Waals surface area contributed by atoms with Gasteiger partial charge >= 0.3 is 5.69 Å². The lowest BCUT2D eigenvalue weighted by Crippen LogP contribution is -2.43. The van der Waals surface area contributed by atoms with Gasteiger partial charge in [0.25, 0.3) is 0 Å². The third-order valence-corrected chi connectivity index (χ3v) is 6.44. The second-order valence-corrected chi connectivity index (χ2v) is 8.31. The molecule has 1 saturated carbocycles. The van der Waals surface area contributed by atoms with Gasteiger partial charge in [0.1, 0.15) is 0 Å². The average Bonchev–Trinajstić information content (AvgIpc) is 3.18. The first-order valence-corrected chi connectivity index (χ1v) is 10.5. The Morgan fingerprint density at radius 1 is 0.886 bits per heavy atom. The standard InChI is InChI=1S/C25H21N5O.4ClH/c26-25(12-4-13-25)18-9-7-17(8-10-18)22-19(16-5-2-1-3-6-16)15-20-21(27-22)11-14-30-23(20)28-29-24(30)31;;;;/h1-3,5-11,14-15H,4,12-13,26H2,(H,29,31);4*1H. The van der Waals surface area contributed by atoms with Crippen molar-refractivity contribution in [2.24, 2.45) is 5.73 Å². The largest absolute Gasteiger partial charge is 0.347 e. The number of aromatic amines is 1. The van der Waals surface area contributed by atoms with E-state index in [0.29, 0.717) is 5.65 Å². The number of H-pyrrole nitrogens is 1. The summed E-state index contributed by atoms with van der Waals surface area (Å²) >= 11 is 0. The first kappa shape index (κ1) is 28.6. The Morgan fingerprint density at radius 3 is 2.20 bits per heavy atom. The first-order chi connectivity index (χ1) is 15.1. The van der Waals surface area contributed by atoms with Gasteiger partial charge in [-0.05, 0) is 42.5 Å². The number of benzene rings is 2. The molecule has 6 rings (SSSR count). The summed E-state index contributed by atoms with van der Waals surface area (Å²) in [6.07, 6.45) is 4.97. The fourth-order valence-electron chi connectivity index (χ4n) is 4.48. The highest BCUT2D eigenvalue weighted by molar-refractivity contribution is 5.98. The fourth-order valence-corrected chi connectivity index (χ4v) is 4.48. The van der Waals surface area contributed by atoms with E-state index in [1.54, 1.807) is 6.20 Å². The number of nitrogens with zero attached hydrogens (tertiary/aromatic N) is 3. The Kier molecular flexibility index (Phi) is 8.98. The molecule has 0 spiro atoms. The molecular weight excluding hydrogens is 528 g/mol. The molecule has 3 aromatic heterocycles. The molecule has 0 atom stereocenters. The van der Waals surface area contributed by atoms with E-state index in [2.05, 4.69) is 52.7 Å². The van der Waals surface area contributed by atoms with Crippen molar-refractivity contribution < 1.29 is 0 Å². The molecule has 35 heavy (non-hydrogen) atoms. The predicted octanol–water partition coefficient (Wildman–Crippen LogP) is 5.93. The number of nitrogens with two attached hydrogens (primary N) is 1. The van der Waals surface area contributed by atoms with E-state index in [0.717, 1.165) is 46.1 Å². The third-order valence-electron chi connectivity index (χ3n) is 6.44. The van der Waals surface area contributed by atoms with E-state index in [9.17, 15) is 4.79 Å². The van der Waals surface area contributed by atoms with Gasteiger partial charge in [-0.3, -0.25) is 0 Å². The van der Waals surface area contributed by atoms with E-state index in [-0.39, 0.29) is 60.9 Å². The van der Waals surface area contributed by atoms with Gasteiger partial charge in [-0.25, -0.2) is 19.3 Å². The van der Waals surface area contributed by atoms with Crippen LogP contribution in [0.15, 0.2) is 77.7 Å².